The summed E-state index contributed by atoms with van der Waals surface area (Å²) in [5.74, 6) is 0.212. The summed E-state index contributed by atoms with van der Waals surface area (Å²) in [7, 11) is 0. The van der Waals surface area contributed by atoms with Gasteiger partial charge in [-0.1, -0.05) is 89.3 Å². The van der Waals surface area contributed by atoms with Crippen LogP contribution in [0.2, 0.25) is 5.02 Å². The molecule has 0 aromatic heterocycles. The molecule has 0 aliphatic heterocycles. The molecule has 1 atom stereocenters. The predicted molar refractivity (Wildman–Crippen MR) is 160 cm³/mol. The maximum absolute atomic E-state index is 13.9. The second kappa shape index (κ2) is 14.0. The van der Waals surface area contributed by atoms with Gasteiger partial charge >= 0.3 is 0 Å². The minimum absolute atomic E-state index is 0.118. The van der Waals surface area contributed by atoms with Crippen molar-refractivity contribution >= 4 is 39.3 Å². The molecule has 206 valence electrons. The molecule has 1 fully saturated rings. The van der Waals surface area contributed by atoms with Gasteiger partial charge in [0, 0.05) is 28.5 Å². The fraction of sp³-hybridized carbons (Fsp3) is 0.375. The van der Waals surface area contributed by atoms with E-state index in [4.69, 9.17) is 16.3 Å². The number of halogens is 2. The highest BCUT2D eigenvalue weighted by Gasteiger charge is 2.32. The van der Waals surface area contributed by atoms with Gasteiger partial charge in [-0.25, -0.2) is 0 Å². The first kappa shape index (κ1) is 29.2. The maximum Gasteiger partial charge on any atom is 0.261 e. The molecule has 3 aromatic rings. The van der Waals surface area contributed by atoms with E-state index >= 15 is 0 Å². The Hall–Kier alpha value is -2.83. The van der Waals surface area contributed by atoms with Crippen LogP contribution in [0.3, 0.4) is 0 Å². The van der Waals surface area contributed by atoms with Crippen LogP contribution in [0.25, 0.3) is 0 Å². The molecule has 3 aromatic carbocycles. The molecule has 0 heterocycles. The van der Waals surface area contributed by atoms with Gasteiger partial charge in [-0.2, -0.15) is 0 Å². The lowest BCUT2D eigenvalue weighted by Crippen LogP contribution is -2.53. The van der Waals surface area contributed by atoms with Gasteiger partial charge in [0.25, 0.3) is 5.91 Å². The van der Waals surface area contributed by atoms with Gasteiger partial charge in [0.1, 0.15) is 11.8 Å². The van der Waals surface area contributed by atoms with Gasteiger partial charge in [-0.3, -0.25) is 9.59 Å². The van der Waals surface area contributed by atoms with Gasteiger partial charge in [-0.15, -0.1) is 0 Å². The summed E-state index contributed by atoms with van der Waals surface area (Å²) < 4.78 is 6.88. The average Bonchev–Trinajstić information content (AvgIpc) is 2.93. The third-order valence-corrected chi connectivity index (χ3v) is 8.33. The van der Waals surface area contributed by atoms with E-state index in [0.717, 1.165) is 52.4 Å². The van der Waals surface area contributed by atoms with Crippen LogP contribution in [0.4, 0.5) is 0 Å². The SMILES string of the molecule is Cc1cc(OCC(=O)N(Cc2cccc(Br)c2)[C@@H](Cc2ccccc2)C(=O)NC2CCCCC2)cc(C)c1Cl. The lowest BCUT2D eigenvalue weighted by atomic mass is 9.94. The molecule has 1 aliphatic rings. The average molecular weight is 612 g/mol. The molecule has 0 spiro atoms. The quantitative estimate of drug-likeness (QED) is 0.264. The van der Waals surface area contributed by atoms with Gasteiger partial charge in [0.15, 0.2) is 6.61 Å². The predicted octanol–water partition coefficient (Wildman–Crippen LogP) is 7.19. The van der Waals surface area contributed by atoms with Crippen LogP contribution in [-0.2, 0) is 22.6 Å². The molecule has 1 N–H and O–H groups in total. The Morgan fingerprint density at radius 3 is 2.31 bits per heavy atom. The zero-order chi connectivity index (χ0) is 27.8. The van der Waals surface area contributed by atoms with E-state index < -0.39 is 6.04 Å². The largest absolute Gasteiger partial charge is 0.484 e. The molecule has 0 radical (unpaired) electrons. The van der Waals surface area contributed by atoms with Crippen molar-refractivity contribution in [2.75, 3.05) is 6.61 Å². The molecule has 1 saturated carbocycles. The molecule has 2 amide bonds. The van der Waals surface area contributed by atoms with Crippen molar-refractivity contribution in [1.29, 1.82) is 0 Å². The van der Waals surface area contributed by atoms with Crippen LogP contribution in [0, 0.1) is 13.8 Å². The van der Waals surface area contributed by atoms with Crippen LogP contribution in [0.5, 0.6) is 5.75 Å². The highest BCUT2D eigenvalue weighted by Crippen LogP contribution is 2.26. The van der Waals surface area contributed by atoms with Crippen molar-refractivity contribution in [1.82, 2.24) is 10.2 Å². The first-order chi connectivity index (χ1) is 18.8. The summed E-state index contributed by atoms with van der Waals surface area (Å²) in [5.41, 5.74) is 3.70. The molecule has 4 rings (SSSR count). The fourth-order valence-electron chi connectivity index (χ4n) is 5.15. The summed E-state index contributed by atoms with van der Waals surface area (Å²) in [5, 5.41) is 3.96. The molecule has 1 aliphatic carbocycles. The highest BCUT2D eigenvalue weighted by molar-refractivity contribution is 9.10. The molecule has 5 nitrogen and oxygen atoms in total. The zero-order valence-electron chi connectivity index (χ0n) is 22.6. The lowest BCUT2D eigenvalue weighted by Gasteiger charge is -2.33. The third kappa shape index (κ3) is 8.33. The van der Waals surface area contributed by atoms with E-state index in [2.05, 4.69) is 21.2 Å². The second-order valence-electron chi connectivity index (χ2n) is 10.4. The van der Waals surface area contributed by atoms with Crippen molar-refractivity contribution in [3.05, 3.63) is 98.5 Å². The van der Waals surface area contributed by atoms with E-state index in [9.17, 15) is 9.59 Å². The Morgan fingerprint density at radius 1 is 0.974 bits per heavy atom. The van der Waals surface area contributed by atoms with Crippen molar-refractivity contribution in [2.24, 2.45) is 0 Å². The van der Waals surface area contributed by atoms with Gasteiger partial charge in [-0.05, 0) is 73.2 Å². The van der Waals surface area contributed by atoms with Gasteiger partial charge < -0.3 is 15.0 Å². The molecule has 0 unspecified atom stereocenters. The normalized spacial score (nSPS) is 14.5. The number of carbonyl (C=O) groups is 2. The number of ether oxygens (including phenoxy) is 1. The first-order valence-corrected chi connectivity index (χ1v) is 14.7. The number of aryl methyl sites for hydroxylation is 2. The number of hydrogen-bond acceptors (Lipinski definition) is 3. The smallest absolute Gasteiger partial charge is 0.261 e. The fourth-order valence-corrected chi connectivity index (χ4v) is 5.70. The van der Waals surface area contributed by atoms with Crippen molar-refractivity contribution < 1.29 is 14.3 Å². The molecule has 0 saturated heterocycles. The summed E-state index contributed by atoms with van der Waals surface area (Å²) in [4.78, 5) is 29.4. The Bertz CT molecular complexity index is 1250. The Balaban J connectivity index is 1.62. The first-order valence-electron chi connectivity index (χ1n) is 13.6. The van der Waals surface area contributed by atoms with Crippen molar-refractivity contribution in [3.63, 3.8) is 0 Å². The van der Waals surface area contributed by atoms with Crippen LogP contribution < -0.4 is 10.1 Å². The third-order valence-electron chi connectivity index (χ3n) is 7.24. The van der Waals surface area contributed by atoms with Crippen LogP contribution in [0.1, 0.15) is 54.4 Å². The standard InChI is InChI=1S/C32H36BrClN2O3/c1-22-16-28(17-23(2)31(22)34)39-21-30(37)36(20-25-12-9-13-26(33)18-25)29(19-24-10-5-3-6-11-24)32(38)35-27-14-7-4-8-15-27/h3,5-6,9-13,16-18,27,29H,4,7-8,14-15,19-21H2,1-2H3,(H,35,38)/t29-/m0/s1. The number of rotatable bonds is 10. The van der Waals surface area contributed by atoms with Crippen LogP contribution in [-0.4, -0.2) is 35.4 Å². The molecule has 0 bridgehead atoms. The number of hydrogen-bond donors (Lipinski definition) is 1. The number of carbonyl (C=O) groups excluding carboxylic acids is 2. The van der Waals surface area contributed by atoms with E-state index in [0.29, 0.717) is 17.2 Å². The minimum atomic E-state index is -0.682. The van der Waals surface area contributed by atoms with Crippen LogP contribution in [0.15, 0.2) is 71.2 Å². The Morgan fingerprint density at radius 2 is 1.64 bits per heavy atom. The number of benzene rings is 3. The zero-order valence-corrected chi connectivity index (χ0v) is 24.9. The van der Waals surface area contributed by atoms with E-state index in [1.807, 2.05) is 80.6 Å². The van der Waals surface area contributed by atoms with E-state index in [1.165, 1.54) is 6.42 Å². The number of nitrogens with one attached hydrogen (secondary N) is 1. The lowest BCUT2D eigenvalue weighted by molar-refractivity contribution is -0.143. The molecular weight excluding hydrogens is 576 g/mol. The number of amides is 2. The van der Waals surface area contributed by atoms with Gasteiger partial charge in [0.2, 0.25) is 5.91 Å². The molecule has 39 heavy (non-hydrogen) atoms. The minimum Gasteiger partial charge on any atom is -0.484 e. The van der Waals surface area contributed by atoms with E-state index in [-0.39, 0.29) is 31.0 Å². The number of nitrogens with zero attached hydrogens (tertiary/aromatic N) is 1. The van der Waals surface area contributed by atoms with E-state index in [1.54, 1.807) is 4.90 Å². The van der Waals surface area contributed by atoms with Crippen LogP contribution >= 0.6 is 27.5 Å². The summed E-state index contributed by atoms with van der Waals surface area (Å²) in [6.45, 7) is 3.93. The summed E-state index contributed by atoms with van der Waals surface area (Å²) >= 11 is 9.86. The topological polar surface area (TPSA) is 58.6 Å². The highest BCUT2D eigenvalue weighted by atomic mass is 79.9. The summed E-state index contributed by atoms with van der Waals surface area (Å²) in [6.07, 6.45) is 5.79. The monoisotopic (exact) mass is 610 g/mol. The summed E-state index contributed by atoms with van der Waals surface area (Å²) in [6, 6.07) is 20.8. The van der Waals surface area contributed by atoms with Crippen molar-refractivity contribution in [3.8, 4) is 5.75 Å². The Kier molecular flexibility index (Phi) is 10.5. The van der Waals surface area contributed by atoms with Crippen molar-refractivity contribution in [2.45, 2.75) is 71.0 Å². The maximum atomic E-state index is 13.9. The molecular formula is C32H36BrClN2O3. The Labute approximate surface area is 245 Å². The second-order valence-corrected chi connectivity index (χ2v) is 11.7. The molecule has 7 heteroatoms. The van der Waals surface area contributed by atoms with Gasteiger partial charge in [0.05, 0.1) is 0 Å².